The second-order valence-corrected chi connectivity index (χ2v) is 6.34. The highest BCUT2D eigenvalue weighted by Gasteiger charge is 2.31. The van der Waals surface area contributed by atoms with Crippen LogP contribution in [0.3, 0.4) is 0 Å². The maximum absolute atomic E-state index is 13.1. The number of carbonyl (C=O) groups excluding carboxylic acids is 1. The fraction of sp³-hybridized carbons (Fsp3) is 0.190. The van der Waals surface area contributed by atoms with Gasteiger partial charge < -0.3 is 4.90 Å². The number of likely N-dealkylation sites (N-methyl/N-ethyl adjacent to an activating group) is 1. The molecule has 0 saturated carbocycles. The van der Waals surface area contributed by atoms with Gasteiger partial charge in [0.2, 0.25) is 5.91 Å². The van der Waals surface area contributed by atoms with Gasteiger partial charge in [-0.05, 0) is 36.4 Å². The molecule has 0 fully saturated rings. The molecule has 3 rings (SSSR count). The van der Waals surface area contributed by atoms with Crippen LogP contribution < -0.4 is 0 Å². The molecule has 0 saturated heterocycles. The maximum Gasteiger partial charge on any atom is 0.416 e. The molecule has 0 aliphatic heterocycles. The normalized spacial score (nSPS) is 11.7. The Hall–Kier alpha value is -3.60. The van der Waals surface area contributed by atoms with Crippen molar-refractivity contribution in [1.82, 2.24) is 14.5 Å². The summed E-state index contributed by atoms with van der Waals surface area (Å²) < 4.78 is 40.9. The highest BCUT2D eigenvalue weighted by molar-refractivity contribution is 5.92. The van der Waals surface area contributed by atoms with E-state index in [4.69, 9.17) is 5.26 Å². The number of benzene rings is 2. The summed E-state index contributed by atoms with van der Waals surface area (Å²) >= 11 is 0. The van der Waals surface area contributed by atoms with E-state index >= 15 is 0 Å². The SMILES string of the molecule is CN(CCC#N)C(=O)/C=C/c1nc2cc(C(F)(F)F)ccc2n1-c1ccccc1. The zero-order chi connectivity index (χ0) is 21.0. The number of hydrogen-bond donors (Lipinski definition) is 0. The van der Waals surface area contributed by atoms with E-state index in [0.717, 1.165) is 12.1 Å². The largest absolute Gasteiger partial charge is 0.416 e. The van der Waals surface area contributed by atoms with Gasteiger partial charge >= 0.3 is 6.18 Å². The number of fused-ring (bicyclic) bond motifs is 1. The number of amides is 1. The van der Waals surface area contributed by atoms with Crippen molar-refractivity contribution in [2.24, 2.45) is 0 Å². The van der Waals surface area contributed by atoms with Crippen LogP contribution in [0.4, 0.5) is 13.2 Å². The predicted molar refractivity (Wildman–Crippen MR) is 103 cm³/mol. The Morgan fingerprint density at radius 2 is 1.97 bits per heavy atom. The van der Waals surface area contributed by atoms with Crippen LogP contribution in [0, 0.1) is 11.3 Å². The number of carbonyl (C=O) groups is 1. The summed E-state index contributed by atoms with van der Waals surface area (Å²) in [5.74, 6) is -0.00421. The van der Waals surface area contributed by atoms with Gasteiger partial charge in [-0.25, -0.2) is 4.98 Å². The van der Waals surface area contributed by atoms with Crippen molar-refractivity contribution < 1.29 is 18.0 Å². The molecule has 2 aromatic carbocycles. The number of rotatable bonds is 5. The van der Waals surface area contributed by atoms with Gasteiger partial charge in [-0.1, -0.05) is 18.2 Å². The number of para-hydroxylation sites is 1. The summed E-state index contributed by atoms with van der Waals surface area (Å²) in [4.78, 5) is 17.9. The molecule has 0 N–H and O–H groups in total. The Morgan fingerprint density at radius 1 is 1.24 bits per heavy atom. The van der Waals surface area contributed by atoms with E-state index in [0.29, 0.717) is 17.0 Å². The van der Waals surface area contributed by atoms with E-state index in [2.05, 4.69) is 4.98 Å². The zero-order valence-corrected chi connectivity index (χ0v) is 15.5. The second kappa shape index (κ2) is 8.19. The first-order valence-corrected chi connectivity index (χ1v) is 8.76. The Balaban J connectivity index is 2.06. The number of halogens is 3. The summed E-state index contributed by atoms with van der Waals surface area (Å²) in [5.41, 5.74) is 0.591. The molecule has 0 spiro atoms. The van der Waals surface area contributed by atoms with Gasteiger partial charge in [0.05, 0.1) is 29.1 Å². The van der Waals surface area contributed by atoms with E-state index in [1.165, 1.54) is 23.1 Å². The van der Waals surface area contributed by atoms with E-state index in [-0.39, 0.29) is 24.4 Å². The van der Waals surface area contributed by atoms with Gasteiger partial charge in [0.1, 0.15) is 5.82 Å². The lowest BCUT2D eigenvalue weighted by atomic mass is 10.2. The van der Waals surface area contributed by atoms with E-state index in [1.807, 2.05) is 12.1 Å². The number of alkyl halides is 3. The van der Waals surface area contributed by atoms with Crippen molar-refractivity contribution in [3.63, 3.8) is 0 Å². The topological polar surface area (TPSA) is 61.9 Å². The molecule has 1 amide bonds. The standard InChI is InChI=1S/C21H17F3N4O/c1-27(13-5-12-25)20(29)11-10-19-26-17-14-15(21(22,23)24)8-9-18(17)28(19)16-6-3-2-4-7-16/h2-4,6-11,14H,5,13H2,1H3/b11-10+. The van der Waals surface area contributed by atoms with Gasteiger partial charge in [0.25, 0.3) is 0 Å². The number of imidazole rings is 1. The molecule has 1 aromatic heterocycles. The monoisotopic (exact) mass is 398 g/mol. The van der Waals surface area contributed by atoms with Crippen molar-refractivity contribution in [2.75, 3.05) is 13.6 Å². The van der Waals surface area contributed by atoms with Crippen LogP contribution in [0.2, 0.25) is 0 Å². The lowest BCUT2D eigenvalue weighted by Crippen LogP contribution is -2.25. The summed E-state index contributed by atoms with van der Waals surface area (Å²) in [6.45, 7) is 0.281. The number of hydrogen-bond acceptors (Lipinski definition) is 3. The number of aromatic nitrogens is 2. The van der Waals surface area contributed by atoms with Crippen LogP contribution in [-0.4, -0.2) is 34.0 Å². The third-order valence-electron chi connectivity index (χ3n) is 4.33. The van der Waals surface area contributed by atoms with E-state index in [9.17, 15) is 18.0 Å². The van der Waals surface area contributed by atoms with Crippen LogP contribution in [0.15, 0.2) is 54.6 Å². The number of nitriles is 1. The molecule has 3 aromatic rings. The molecule has 0 aliphatic carbocycles. The van der Waals surface area contributed by atoms with Gasteiger partial charge in [0.15, 0.2) is 0 Å². The highest BCUT2D eigenvalue weighted by atomic mass is 19.4. The molecule has 1 heterocycles. The first-order chi connectivity index (χ1) is 13.8. The van der Waals surface area contributed by atoms with Crippen LogP contribution in [0.25, 0.3) is 22.8 Å². The van der Waals surface area contributed by atoms with Crippen molar-refractivity contribution >= 4 is 23.0 Å². The quantitative estimate of drug-likeness (QED) is 0.598. The molecule has 0 bridgehead atoms. The first kappa shape index (κ1) is 20.1. The van der Waals surface area contributed by atoms with Crippen LogP contribution in [0.1, 0.15) is 17.8 Å². The summed E-state index contributed by atoms with van der Waals surface area (Å²) in [5, 5.41) is 8.63. The minimum Gasteiger partial charge on any atom is -0.341 e. The van der Waals surface area contributed by atoms with E-state index < -0.39 is 11.7 Å². The minimum absolute atomic E-state index is 0.175. The Bertz CT molecular complexity index is 1090. The third kappa shape index (κ3) is 4.46. The molecular formula is C21H17F3N4O. The van der Waals surface area contributed by atoms with Gasteiger partial charge in [-0.3, -0.25) is 9.36 Å². The Labute approximate surface area is 165 Å². The molecule has 0 unspecified atom stereocenters. The molecule has 148 valence electrons. The zero-order valence-electron chi connectivity index (χ0n) is 15.5. The lowest BCUT2D eigenvalue weighted by molar-refractivity contribution is -0.137. The highest BCUT2D eigenvalue weighted by Crippen LogP contribution is 2.32. The summed E-state index contributed by atoms with van der Waals surface area (Å²) in [7, 11) is 1.57. The third-order valence-corrected chi connectivity index (χ3v) is 4.33. The average Bonchev–Trinajstić information content (AvgIpc) is 3.07. The fourth-order valence-electron chi connectivity index (χ4n) is 2.84. The first-order valence-electron chi connectivity index (χ1n) is 8.76. The van der Waals surface area contributed by atoms with Gasteiger partial charge in [0, 0.05) is 25.4 Å². The predicted octanol–water partition coefficient (Wildman–Crippen LogP) is 4.43. The Kier molecular flexibility index (Phi) is 5.69. The lowest BCUT2D eigenvalue weighted by Gasteiger charge is -2.12. The average molecular weight is 398 g/mol. The second-order valence-electron chi connectivity index (χ2n) is 6.34. The van der Waals surface area contributed by atoms with Gasteiger partial charge in [-0.2, -0.15) is 18.4 Å². The van der Waals surface area contributed by atoms with Crippen LogP contribution in [-0.2, 0) is 11.0 Å². The van der Waals surface area contributed by atoms with E-state index in [1.54, 1.807) is 35.9 Å². The summed E-state index contributed by atoms with van der Waals surface area (Å²) in [6, 6.07) is 14.4. The molecular weight excluding hydrogens is 381 g/mol. The molecule has 0 radical (unpaired) electrons. The molecule has 29 heavy (non-hydrogen) atoms. The maximum atomic E-state index is 13.1. The Morgan fingerprint density at radius 3 is 2.62 bits per heavy atom. The van der Waals surface area contributed by atoms with Crippen molar-refractivity contribution in [3.8, 4) is 11.8 Å². The van der Waals surface area contributed by atoms with Crippen molar-refractivity contribution in [2.45, 2.75) is 12.6 Å². The minimum atomic E-state index is -4.47. The van der Waals surface area contributed by atoms with Crippen LogP contribution >= 0.6 is 0 Å². The van der Waals surface area contributed by atoms with Crippen molar-refractivity contribution in [1.29, 1.82) is 5.26 Å². The smallest absolute Gasteiger partial charge is 0.341 e. The number of nitrogens with zero attached hydrogens (tertiary/aromatic N) is 4. The molecule has 8 heteroatoms. The molecule has 0 aliphatic rings. The van der Waals surface area contributed by atoms with Crippen molar-refractivity contribution in [3.05, 3.63) is 66.0 Å². The molecule has 0 atom stereocenters. The molecule has 5 nitrogen and oxygen atoms in total. The summed E-state index contributed by atoms with van der Waals surface area (Å²) in [6.07, 6.45) is -1.51. The fourth-order valence-corrected chi connectivity index (χ4v) is 2.84. The van der Waals surface area contributed by atoms with Gasteiger partial charge in [-0.15, -0.1) is 0 Å². The van der Waals surface area contributed by atoms with Crippen LogP contribution in [0.5, 0.6) is 0 Å².